The minimum atomic E-state index is -0.0626. The fraction of sp³-hybridized carbons (Fsp3) is 0.412. The van der Waals surface area contributed by atoms with E-state index >= 15 is 0 Å². The maximum Gasteiger partial charge on any atom is 0.322 e. The van der Waals surface area contributed by atoms with Crippen molar-refractivity contribution in [3.05, 3.63) is 47.3 Å². The predicted molar refractivity (Wildman–Crippen MR) is 82.5 cm³/mol. The van der Waals surface area contributed by atoms with Gasteiger partial charge in [0.25, 0.3) is 0 Å². The van der Waals surface area contributed by atoms with Crippen LogP contribution in [0.25, 0.3) is 0 Å². The van der Waals surface area contributed by atoms with E-state index in [-0.39, 0.29) is 12.0 Å². The van der Waals surface area contributed by atoms with E-state index in [1.54, 1.807) is 6.20 Å². The Balaban J connectivity index is 2.15. The van der Waals surface area contributed by atoms with Gasteiger partial charge < -0.3 is 9.84 Å². The molecule has 0 saturated carbocycles. The van der Waals surface area contributed by atoms with Crippen LogP contribution >= 0.6 is 0 Å². The normalized spacial score (nSPS) is 11.5. The standard InChI is InChI=1S/C17H22N2O2/c1-5-17(3,4)14-6-8-15(9-7-14)21-16-18-10-13(11-20)12(2)19-16/h6-10,20H,5,11H2,1-4H3. The van der Waals surface area contributed by atoms with Crippen LogP contribution in [0.1, 0.15) is 44.0 Å². The molecule has 1 N–H and O–H groups in total. The van der Waals surface area contributed by atoms with Crippen LogP contribution in [0.15, 0.2) is 30.5 Å². The Bertz CT molecular complexity index is 607. The average molecular weight is 286 g/mol. The molecule has 0 amide bonds. The summed E-state index contributed by atoms with van der Waals surface area (Å²) in [4.78, 5) is 8.33. The molecule has 4 heteroatoms. The first-order valence-electron chi connectivity index (χ1n) is 7.18. The number of hydrogen-bond donors (Lipinski definition) is 1. The van der Waals surface area contributed by atoms with Gasteiger partial charge in [-0.1, -0.05) is 32.9 Å². The maximum absolute atomic E-state index is 9.11. The van der Waals surface area contributed by atoms with Crippen LogP contribution in [0.3, 0.4) is 0 Å². The van der Waals surface area contributed by atoms with Gasteiger partial charge in [-0.2, -0.15) is 4.98 Å². The van der Waals surface area contributed by atoms with Crippen molar-refractivity contribution in [2.75, 3.05) is 0 Å². The van der Waals surface area contributed by atoms with E-state index in [1.165, 1.54) is 5.56 Å². The number of aryl methyl sites for hydroxylation is 1. The summed E-state index contributed by atoms with van der Waals surface area (Å²) < 4.78 is 5.66. The molecule has 0 bridgehead atoms. The molecule has 4 nitrogen and oxygen atoms in total. The van der Waals surface area contributed by atoms with Crippen molar-refractivity contribution in [1.29, 1.82) is 0 Å². The Morgan fingerprint density at radius 1 is 1.19 bits per heavy atom. The summed E-state index contributed by atoms with van der Waals surface area (Å²) in [5.74, 6) is 0.710. The summed E-state index contributed by atoms with van der Waals surface area (Å²) in [7, 11) is 0. The first-order chi connectivity index (χ1) is 9.96. The zero-order valence-corrected chi connectivity index (χ0v) is 13.1. The molecule has 0 atom stereocenters. The smallest absolute Gasteiger partial charge is 0.322 e. The number of hydrogen-bond acceptors (Lipinski definition) is 4. The number of aromatic nitrogens is 2. The quantitative estimate of drug-likeness (QED) is 0.909. The summed E-state index contributed by atoms with van der Waals surface area (Å²) in [6, 6.07) is 8.32. The Morgan fingerprint density at radius 3 is 2.38 bits per heavy atom. The van der Waals surface area contributed by atoms with Crippen molar-refractivity contribution < 1.29 is 9.84 Å². The Kier molecular flexibility index (Phi) is 4.58. The summed E-state index contributed by atoms with van der Waals surface area (Å²) >= 11 is 0. The first-order valence-corrected chi connectivity index (χ1v) is 7.18. The molecule has 21 heavy (non-hydrogen) atoms. The van der Waals surface area contributed by atoms with Gasteiger partial charge in [-0.15, -0.1) is 0 Å². The van der Waals surface area contributed by atoms with Crippen molar-refractivity contribution in [2.24, 2.45) is 0 Å². The van der Waals surface area contributed by atoms with E-state index in [0.717, 1.165) is 12.1 Å². The summed E-state index contributed by atoms with van der Waals surface area (Å²) in [5, 5.41) is 9.11. The third-order valence-corrected chi connectivity index (χ3v) is 3.96. The lowest BCUT2D eigenvalue weighted by atomic mass is 9.82. The van der Waals surface area contributed by atoms with Crippen LogP contribution in [-0.4, -0.2) is 15.1 Å². The molecule has 0 fully saturated rings. The highest BCUT2D eigenvalue weighted by Gasteiger charge is 2.17. The zero-order chi connectivity index (χ0) is 15.5. The molecule has 0 aliphatic heterocycles. The fourth-order valence-corrected chi connectivity index (χ4v) is 1.96. The number of rotatable bonds is 5. The van der Waals surface area contributed by atoms with Crippen molar-refractivity contribution in [3.63, 3.8) is 0 Å². The van der Waals surface area contributed by atoms with Gasteiger partial charge in [0.2, 0.25) is 0 Å². The molecule has 1 aromatic carbocycles. The van der Waals surface area contributed by atoms with Crippen LogP contribution in [0.2, 0.25) is 0 Å². The largest absolute Gasteiger partial charge is 0.424 e. The van der Waals surface area contributed by atoms with Gasteiger partial charge in [-0.25, -0.2) is 4.98 Å². The zero-order valence-electron chi connectivity index (χ0n) is 13.1. The van der Waals surface area contributed by atoms with E-state index in [1.807, 2.05) is 19.1 Å². The highest BCUT2D eigenvalue weighted by molar-refractivity contribution is 5.33. The number of benzene rings is 1. The second-order valence-corrected chi connectivity index (χ2v) is 5.79. The molecule has 0 spiro atoms. The van der Waals surface area contributed by atoms with Gasteiger partial charge >= 0.3 is 6.01 Å². The number of aliphatic hydroxyl groups excluding tert-OH is 1. The number of nitrogens with zero attached hydrogens (tertiary/aromatic N) is 2. The van der Waals surface area contributed by atoms with Crippen molar-refractivity contribution >= 4 is 0 Å². The average Bonchev–Trinajstić information content (AvgIpc) is 2.48. The summed E-state index contributed by atoms with van der Waals surface area (Å²) in [6.07, 6.45) is 2.67. The van der Waals surface area contributed by atoms with Crippen LogP contribution in [0.5, 0.6) is 11.8 Å². The van der Waals surface area contributed by atoms with Crippen LogP contribution in [0, 0.1) is 6.92 Å². The fourth-order valence-electron chi connectivity index (χ4n) is 1.96. The van der Waals surface area contributed by atoms with Crippen LogP contribution in [0.4, 0.5) is 0 Å². The Morgan fingerprint density at radius 2 is 1.86 bits per heavy atom. The second-order valence-electron chi connectivity index (χ2n) is 5.79. The molecule has 2 aromatic rings. The molecule has 1 heterocycles. The molecule has 2 rings (SSSR count). The Hall–Kier alpha value is -1.94. The number of ether oxygens (including phenoxy) is 1. The topological polar surface area (TPSA) is 55.2 Å². The molecule has 0 saturated heterocycles. The molecule has 0 aliphatic rings. The molecule has 0 aliphatic carbocycles. The Labute approximate surface area is 125 Å². The van der Waals surface area contributed by atoms with Gasteiger partial charge in [-0.05, 0) is 36.5 Å². The summed E-state index contributed by atoms with van der Waals surface area (Å²) in [5.41, 5.74) is 2.88. The second kappa shape index (κ2) is 6.22. The van der Waals surface area contributed by atoms with Gasteiger partial charge in [0.1, 0.15) is 5.75 Å². The maximum atomic E-state index is 9.11. The SMILES string of the molecule is CCC(C)(C)c1ccc(Oc2ncc(CO)c(C)n2)cc1. The van der Waals surface area contributed by atoms with Gasteiger partial charge in [-0.3, -0.25) is 0 Å². The van der Waals surface area contributed by atoms with E-state index in [0.29, 0.717) is 17.3 Å². The molecular formula is C17H22N2O2. The van der Waals surface area contributed by atoms with E-state index in [2.05, 4.69) is 42.9 Å². The lowest BCUT2D eigenvalue weighted by Crippen LogP contribution is -2.14. The molecular weight excluding hydrogens is 264 g/mol. The lowest BCUT2D eigenvalue weighted by molar-refractivity contribution is 0.279. The number of aliphatic hydroxyl groups is 1. The van der Waals surface area contributed by atoms with Crippen molar-refractivity contribution in [3.8, 4) is 11.8 Å². The summed E-state index contributed by atoms with van der Waals surface area (Å²) in [6.45, 7) is 8.40. The third-order valence-electron chi connectivity index (χ3n) is 3.96. The van der Waals surface area contributed by atoms with Crippen LogP contribution in [-0.2, 0) is 12.0 Å². The monoisotopic (exact) mass is 286 g/mol. The molecule has 0 radical (unpaired) electrons. The van der Waals surface area contributed by atoms with Gasteiger partial charge in [0.05, 0.1) is 12.3 Å². The third kappa shape index (κ3) is 3.58. The highest BCUT2D eigenvalue weighted by Crippen LogP contribution is 2.29. The minimum absolute atomic E-state index is 0.0626. The molecule has 112 valence electrons. The minimum Gasteiger partial charge on any atom is -0.424 e. The molecule has 1 aromatic heterocycles. The van der Waals surface area contributed by atoms with E-state index < -0.39 is 0 Å². The lowest BCUT2D eigenvalue weighted by Gasteiger charge is -2.23. The van der Waals surface area contributed by atoms with Crippen molar-refractivity contribution in [2.45, 2.75) is 46.1 Å². The highest BCUT2D eigenvalue weighted by atomic mass is 16.5. The van der Waals surface area contributed by atoms with Gasteiger partial charge in [0.15, 0.2) is 0 Å². The molecule has 0 unspecified atom stereocenters. The predicted octanol–water partition coefficient (Wildman–Crippen LogP) is 3.76. The van der Waals surface area contributed by atoms with E-state index in [4.69, 9.17) is 9.84 Å². The first kappa shape index (κ1) is 15.4. The van der Waals surface area contributed by atoms with Crippen LogP contribution < -0.4 is 4.74 Å². The van der Waals surface area contributed by atoms with Gasteiger partial charge in [0, 0.05) is 11.8 Å². The van der Waals surface area contributed by atoms with Crippen molar-refractivity contribution in [1.82, 2.24) is 9.97 Å². The van der Waals surface area contributed by atoms with E-state index in [9.17, 15) is 0 Å².